The maximum absolute atomic E-state index is 14.1. The van der Waals surface area contributed by atoms with Gasteiger partial charge < -0.3 is 3.79 Å². The second-order valence-electron chi connectivity index (χ2n) is 9.97. The number of pyridine rings is 1. The molecule has 0 saturated carbocycles. The van der Waals surface area contributed by atoms with Crippen molar-refractivity contribution in [2.24, 2.45) is 0 Å². The van der Waals surface area contributed by atoms with Crippen LogP contribution in [0.5, 0.6) is 0 Å². The first-order valence-corrected chi connectivity index (χ1v) is 17.3. The van der Waals surface area contributed by atoms with Gasteiger partial charge in [-0.2, -0.15) is 0 Å². The summed E-state index contributed by atoms with van der Waals surface area (Å²) in [6, 6.07) is 18.9. The van der Waals surface area contributed by atoms with Gasteiger partial charge in [0.2, 0.25) is 20.0 Å². The van der Waals surface area contributed by atoms with E-state index in [1.165, 1.54) is 6.58 Å². The van der Waals surface area contributed by atoms with E-state index in [4.69, 9.17) is 3.79 Å². The first-order chi connectivity index (χ1) is 18.5. The minimum absolute atomic E-state index is 0.0899. The first-order valence-electron chi connectivity index (χ1n) is 12.9. The van der Waals surface area contributed by atoms with Gasteiger partial charge >= 0.3 is 14.9 Å². The summed E-state index contributed by atoms with van der Waals surface area (Å²) >= 11 is -3.27. The number of benzene rings is 2. The molecule has 208 valence electrons. The first kappa shape index (κ1) is 29.8. The molecule has 1 aliphatic heterocycles. The lowest BCUT2D eigenvalue weighted by Crippen LogP contribution is -2.63. The number of sulfonamides is 2. The summed E-state index contributed by atoms with van der Waals surface area (Å²) in [6.45, 7) is 8.83. The van der Waals surface area contributed by atoms with Gasteiger partial charge in [0.05, 0.1) is 15.5 Å². The summed E-state index contributed by atoms with van der Waals surface area (Å²) in [7, 11) is -8.14. The van der Waals surface area contributed by atoms with Crippen LogP contribution >= 0.6 is 0 Å². The van der Waals surface area contributed by atoms with Crippen molar-refractivity contribution in [1.82, 2.24) is 16.5 Å². The summed E-state index contributed by atoms with van der Waals surface area (Å²) in [5.41, 5.74) is 2.68. The lowest BCUT2D eigenvalue weighted by molar-refractivity contribution is 0.168. The standard InChI is InChI=1S/C24H28N4O4S2.C3H7O.Al/c1-20-6-10-23(11-7-20)33(29,30)26-15-17-28(19-22-5-3-4-14-25-22)18-16-27-34(31,32)24-12-8-21(2)9-13-24;1-3(2)4;/h3-14H,15-19H2,1-2H3;3H,1-2H3;/q-2;-1;+3. The zero-order valence-electron chi connectivity index (χ0n) is 22.8. The SMILES string of the molecule is Cc1ccc(S(=O)(=O)[N]2CCN(Cc3ccccn3)CC[N](S(=O)(=O)c3ccc(C)cc3)[Al]2[O]C(C)C)cc1. The Morgan fingerprint density at radius 1 is 0.769 bits per heavy atom. The van der Waals surface area contributed by atoms with E-state index in [1.54, 1.807) is 68.6 Å². The molecule has 9 nitrogen and oxygen atoms in total. The van der Waals surface area contributed by atoms with E-state index in [0.717, 1.165) is 16.8 Å². The van der Waals surface area contributed by atoms with Gasteiger partial charge in [-0.1, -0.05) is 41.5 Å². The summed E-state index contributed by atoms with van der Waals surface area (Å²) < 4.78 is 65.3. The zero-order chi connectivity index (χ0) is 28.2. The van der Waals surface area contributed by atoms with Gasteiger partial charge in [-0.05, 0) is 64.1 Å². The fraction of sp³-hybridized carbons (Fsp3) is 0.370. The van der Waals surface area contributed by atoms with Crippen LogP contribution in [-0.2, 0) is 30.4 Å². The summed E-state index contributed by atoms with van der Waals surface area (Å²) in [6.07, 6.45) is 1.33. The minimum Gasteiger partial charge on any atom is -0.472 e. The molecule has 1 saturated heterocycles. The van der Waals surface area contributed by atoms with Gasteiger partial charge in [0.1, 0.15) is 0 Å². The molecule has 1 aromatic heterocycles. The quantitative estimate of drug-likeness (QED) is 0.374. The molecule has 2 heterocycles. The van der Waals surface area contributed by atoms with E-state index in [2.05, 4.69) is 4.98 Å². The van der Waals surface area contributed by atoms with Crippen molar-refractivity contribution < 1.29 is 20.6 Å². The van der Waals surface area contributed by atoms with Crippen LogP contribution in [0.2, 0.25) is 0 Å². The predicted molar refractivity (Wildman–Crippen MR) is 152 cm³/mol. The van der Waals surface area contributed by atoms with Crippen molar-refractivity contribution >= 4 is 35.0 Å². The molecule has 39 heavy (non-hydrogen) atoms. The number of nitrogens with zero attached hydrogens (tertiary/aromatic N) is 4. The molecule has 0 N–H and O–H groups in total. The molecule has 0 spiro atoms. The summed E-state index contributed by atoms with van der Waals surface area (Å²) in [5.74, 6) is 0. The molecular formula is C27H35AlN4O5S2. The van der Waals surface area contributed by atoms with Gasteiger partial charge in [-0.15, -0.1) is 0 Å². The van der Waals surface area contributed by atoms with Crippen molar-refractivity contribution in [2.75, 3.05) is 26.2 Å². The van der Waals surface area contributed by atoms with Gasteiger partial charge in [-0.25, -0.2) is 23.4 Å². The maximum Gasteiger partial charge on any atom is 0.734 e. The predicted octanol–water partition coefficient (Wildman–Crippen LogP) is 3.31. The molecule has 1 fully saturated rings. The monoisotopic (exact) mass is 586 g/mol. The van der Waals surface area contributed by atoms with Crippen molar-refractivity contribution in [2.45, 2.75) is 50.1 Å². The summed E-state index contributed by atoms with van der Waals surface area (Å²) in [4.78, 5) is 6.67. The molecular weight excluding hydrogens is 551 g/mol. The average molecular weight is 587 g/mol. The highest BCUT2D eigenvalue weighted by molar-refractivity contribution is 7.92. The van der Waals surface area contributed by atoms with Crippen LogP contribution in [0.25, 0.3) is 0 Å². The fourth-order valence-corrected chi connectivity index (χ4v) is 12.0. The van der Waals surface area contributed by atoms with Crippen molar-refractivity contribution in [3.63, 3.8) is 0 Å². The highest BCUT2D eigenvalue weighted by Gasteiger charge is 2.52. The molecule has 0 bridgehead atoms. The van der Waals surface area contributed by atoms with Crippen LogP contribution in [0.1, 0.15) is 30.7 Å². The van der Waals surface area contributed by atoms with Crippen molar-refractivity contribution in [3.8, 4) is 0 Å². The Kier molecular flexibility index (Phi) is 9.62. The Morgan fingerprint density at radius 3 is 1.67 bits per heavy atom. The number of rotatable bonds is 8. The van der Waals surface area contributed by atoms with Crippen LogP contribution < -0.4 is 0 Å². The molecule has 12 heteroatoms. The Morgan fingerprint density at radius 2 is 1.26 bits per heavy atom. The lowest BCUT2D eigenvalue weighted by atomic mass is 10.2. The molecule has 2 aromatic carbocycles. The van der Waals surface area contributed by atoms with E-state index in [0.29, 0.717) is 19.6 Å². The lowest BCUT2D eigenvalue weighted by Gasteiger charge is -2.39. The highest BCUT2D eigenvalue weighted by atomic mass is 32.2. The second kappa shape index (κ2) is 12.6. The van der Waals surface area contributed by atoms with Gasteiger partial charge in [-0.3, -0.25) is 9.88 Å². The van der Waals surface area contributed by atoms with Gasteiger partial charge in [0, 0.05) is 45.0 Å². The number of aromatic nitrogens is 1. The van der Waals surface area contributed by atoms with Crippen LogP contribution in [-0.4, -0.2) is 80.5 Å². The smallest absolute Gasteiger partial charge is 0.472 e. The van der Waals surface area contributed by atoms with E-state index < -0.39 is 35.0 Å². The third kappa shape index (κ3) is 7.15. The topological polar surface area (TPSA) is 100 Å². The van der Waals surface area contributed by atoms with Gasteiger partial charge in [0.25, 0.3) is 0 Å². The Labute approximate surface area is 237 Å². The molecule has 0 amide bonds. The van der Waals surface area contributed by atoms with Crippen molar-refractivity contribution in [1.29, 1.82) is 0 Å². The Hall–Kier alpha value is -2.14. The van der Waals surface area contributed by atoms with Crippen LogP contribution in [0.3, 0.4) is 0 Å². The van der Waals surface area contributed by atoms with E-state index in [1.807, 2.05) is 36.9 Å². The zero-order valence-corrected chi connectivity index (χ0v) is 25.6. The molecule has 0 unspecified atom stereocenters. The molecule has 1 aliphatic rings. The Balaban J connectivity index is 1.81. The van der Waals surface area contributed by atoms with Gasteiger partial charge in [0.15, 0.2) is 0 Å². The highest BCUT2D eigenvalue weighted by Crippen LogP contribution is 2.26. The third-order valence-electron chi connectivity index (χ3n) is 6.53. The molecule has 0 atom stereocenters. The molecule has 4 rings (SSSR count). The third-order valence-corrected chi connectivity index (χ3v) is 14.9. The van der Waals surface area contributed by atoms with Crippen LogP contribution in [0.15, 0.2) is 82.7 Å². The fourth-order valence-electron chi connectivity index (χ4n) is 4.38. The largest absolute Gasteiger partial charge is 0.734 e. The maximum atomic E-state index is 14.1. The van der Waals surface area contributed by atoms with E-state index in [-0.39, 0.29) is 29.0 Å². The molecule has 3 aromatic rings. The number of aryl methyl sites for hydroxylation is 2. The minimum atomic E-state index is -4.07. The molecule has 0 radical (unpaired) electrons. The second-order valence-corrected chi connectivity index (χ2v) is 16.7. The molecule has 0 aliphatic carbocycles. The van der Waals surface area contributed by atoms with Crippen molar-refractivity contribution in [3.05, 3.63) is 89.7 Å². The number of hydrogen-bond acceptors (Lipinski definition) is 7. The van der Waals surface area contributed by atoms with E-state index >= 15 is 0 Å². The van der Waals surface area contributed by atoms with E-state index in [9.17, 15) is 16.8 Å². The summed E-state index contributed by atoms with van der Waals surface area (Å²) in [5, 5.41) is 0. The van der Waals surface area contributed by atoms with Crippen LogP contribution in [0.4, 0.5) is 0 Å². The Bertz CT molecular complexity index is 1360. The number of hydrogen-bond donors (Lipinski definition) is 0. The van der Waals surface area contributed by atoms with Crippen LogP contribution in [0, 0.1) is 13.8 Å². The average Bonchev–Trinajstić information content (AvgIpc) is 2.88. The normalized spacial score (nSPS) is 16.8.